The molecule has 1 aliphatic rings. The van der Waals surface area contributed by atoms with E-state index in [-0.39, 0.29) is 22.5 Å². The first-order valence-corrected chi connectivity index (χ1v) is 9.51. The number of non-ortho nitro benzene ring substituents is 1. The monoisotopic (exact) mass is 369 g/mol. The van der Waals surface area contributed by atoms with Crippen molar-refractivity contribution >= 4 is 21.6 Å². The minimum Gasteiger partial charge on any atom is -0.353 e. The number of rotatable bonds is 4. The summed E-state index contributed by atoms with van der Waals surface area (Å²) in [5, 5.41) is 13.6. The largest absolute Gasteiger partial charge is 0.353 e. The lowest BCUT2D eigenvalue weighted by molar-refractivity contribution is -0.384. The molecule has 9 heteroatoms. The smallest absolute Gasteiger partial charge is 0.269 e. The first-order valence-electron chi connectivity index (χ1n) is 8.07. The van der Waals surface area contributed by atoms with Crippen molar-refractivity contribution in [3.8, 4) is 0 Å². The molecule has 1 fully saturated rings. The molecule has 138 valence electrons. The van der Waals surface area contributed by atoms with E-state index in [1.165, 1.54) is 28.6 Å². The van der Waals surface area contributed by atoms with Gasteiger partial charge in [-0.15, -0.1) is 0 Å². The van der Waals surface area contributed by atoms with Crippen molar-refractivity contribution < 1.29 is 18.1 Å². The SMILES string of the molecule is CC(C)(C)C(=O)NC1CCN(S(=O)(=O)c2ccc([N+](=O)[O-])cc2)CC1. The molecule has 1 aliphatic heterocycles. The molecule has 1 aromatic rings. The third kappa shape index (κ3) is 4.55. The van der Waals surface area contributed by atoms with E-state index in [1.54, 1.807) is 0 Å². The topological polar surface area (TPSA) is 110 Å². The summed E-state index contributed by atoms with van der Waals surface area (Å²) in [4.78, 5) is 22.2. The zero-order valence-electron chi connectivity index (χ0n) is 14.6. The number of carbonyl (C=O) groups excluding carboxylic acids is 1. The van der Waals surface area contributed by atoms with E-state index < -0.39 is 20.4 Å². The van der Waals surface area contributed by atoms with Gasteiger partial charge in [0.05, 0.1) is 9.82 Å². The normalized spacial score (nSPS) is 17.2. The predicted molar refractivity (Wildman–Crippen MR) is 92.5 cm³/mol. The summed E-state index contributed by atoms with van der Waals surface area (Å²) in [6, 6.07) is 4.82. The summed E-state index contributed by atoms with van der Waals surface area (Å²) in [6.07, 6.45) is 1.07. The first kappa shape index (κ1) is 19.3. The van der Waals surface area contributed by atoms with Gasteiger partial charge in [0.2, 0.25) is 15.9 Å². The number of nitrogens with one attached hydrogen (secondary N) is 1. The number of sulfonamides is 1. The molecule has 0 bridgehead atoms. The number of nitrogens with zero attached hydrogens (tertiary/aromatic N) is 2. The van der Waals surface area contributed by atoms with Crippen LogP contribution in [-0.4, -0.2) is 42.7 Å². The van der Waals surface area contributed by atoms with Gasteiger partial charge in [-0.05, 0) is 25.0 Å². The molecule has 1 aromatic carbocycles. The fourth-order valence-electron chi connectivity index (χ4n) is 2.53. The van der Waals surface area contributed by atoms with Crippen molar-refractivity contribution in [1.82, 2.24) is 9.62 Å². The standard InChI is InChI=1S/C16H23N3O5S/c1-16(2,3)15(20)17-12-8-10-18(11-9-12)25(23,24)14-6-4-13(5-7-14)19(21)22/h4-7,12H,8-11H2,1-3H3,(H,17,20). The fraction of sp³-hybridized carbons (Fsp3) is 0.562. The summed E-state index contributed by atoms with van der Waals surface area (Å²) in [6.45, 7) is 6.09. The van der Waals surface area contributed by atoms with Gasteiger partial charge in [-0.25, -0.2) is 8.42 Å². The van der Waals surface area contributed by atoms with E-state index >= 15 is 0 Å². The molecular weight excluding hydrogens is 346 g/mol. The Morgan fingerprint density at radius 1 is 1.20 bits per heavy atom. The highest BCUT2D eigenvalue weighted by Gasteiger charge is 2.31. The summed E-state index contributed by atoms with van der Waals surface area (Å²) >= 11 is 0. The molecular formula is C16H23N3O5S. The highest BCUT2D eigenvalue weighted by molar-refractivity contribution is 7.89. The number of piperidine rings is 1. The van der Waals surface area contributed by atoms with Crippen LogP contribution < -0.4 is 5.32 Å². The maximum absolute atomic E-state index is 12.6. The number of amides is 1. The maximum atomic E-state index is 12.6. The van der Waals surface area contributed by atoms with Crippen LogP contribution in [0.5, 0.6) is 0 Å². The molecule has 0 atom stereocenters. The Labute approximate surface area is 147 Å². The van der Waals surface area contributed by atoms with Gasteiger partial charge in [-0.3, -0.25) is 14.9 Å². The molecule has 1 heterocycles. The number of nitro groups is 1. The highest BCUT2D eigenvalue weighted by Crippen LogP contribution is 2.23. The molecule has 1 N–H and O–H groups in total. The van der Waals surface area contributed by atoms with Crippen LogP contribution in [0.1, 0.15) is 33.6 Å². The van der Waals surface area contributed by atoms with Crippen molar-refractivity contribution in [2.24, 2.45) is 5.41 Å². The number of carbonyl (C=O) groups is 1. The average molecular weight is 369 g/mol. The van der Waals surface area contributed by atoms with E-state index in [1.807, 2.05) is 20.8 Å². The van der Waals surface area contributed by atoms with Crippen LogP contribution in [0.25, 0.3) is 0 Å². The van der Waals surface area contributed by atoms with Crippen molar-refractivity contribution in [3.05, 3.63) is 34.4 Å². The molecule has 1 saturated heterocycles. The number of nitro benzene ring substituents is 1. The number of hydrogen-bond donors (Lipinski definition) is 1. The van der Waals surface area contributed by atoms with Gasteiger partial charge in [-0.2, -0.15) is 4.31 Å². The van der Waals surface area contributed by atoms with Gasteiger partial charge in [-0.1, -0.05) is 20.8 Å². The Morgan fingerprint density at radius 3 is 2.16 bits per heavy atom. The van der Waals surface area contributed by atoms with Crippen LogP contribution >= 0.6 is 0 Å². The van der Waals surface area contributed by atoms with E-state index in [2.05, 4.69) is 5.32 Å². The second-order valence-electron chi connectivity index (χ2n) is 7.15. The molecule has 0 aliphatic carbocycles. The summed E-state index contributed by atoms with van der Waals surface area (Å²) < 4.78 is 26.6. The van der Waals surface area contributed by atoms with Crippen molar-refractivity contribution in [2.45, 2.75) is 44.6 Å². The van der Waals surface area contributed by atoms with Crippen LogP contribution in [0.3, 0.4) is 0 Å². The van der Waals surface area contributed by atoms with Gasteiger partial charge in [0.25, 0.3) is 5.69 Å². The summed E-state index contributed by atoms with van der Waals surface area (Å²) in [5.74, 6) is -0.0517. The quantitative estimate of drug-likeness (QED) is 0.644. The molecule has 0 spiro atoms. The lowest BCUT2D eigenvalue weighted by Crippen LogP contribution is -2.48. The Morgan fingerprint density at radius 2 is 1.72 bits per heavy atom. The van der Waals surface area contributed by atoms with E-state index in [4.69, 9.17) is 0 Å². The molecule has 0 aromatic heterocycles. The van der Waals surface area contributed by atoms with Crippen molar-refractivity contribution in [3.63, 3.8) is 0 Å². The number of hydrogen-bond acceptors (Lipinski definition) is 5. The minimum absolute atomic E-state index is 0.0373. The molecule has 0 unspecified atom stereocenters. The van der Waals surface area contributed by atoms with Gasteiger partial charge in [0.15, 0.2) is 0 Å². The molecule has 0 radical (unpaired) electrons. The molecule has 25 heavy (non-hydrogen) atoms. The Balaban J connectivity index is 2.01. The molecule has 8 nitrogen and oxygen atoms in total. The van der Waals surface area contributed by atoms with E-state index in [0.717, 1.165) is 0 Å². The molecule has 0 saturated carbocycles. The van der Waals surface area contributed by atoms with Crippen LogP contribution in [0.15, 0.2) is 29.2 Å². The molecule has 2 rings (SSSR count). The number of benzene rings is 1. The van der Waals surface area contributed by atoms with Gasteiger partial charge < -0.3 is 5.32 Å². The third-order valence-electron chi connectivity index (χ3n) is 4.16. The highest BCUT2D eigenvalue weighted by atomic mass is 32.2. The van der Waals surface area contributed by atoms with Gasteiger partial charge in [0, 0.05) is 36.7 Å². The van der Waals surface area contributed by atoms with Crippen LogP contribution in [0.2, 0.25) is 0 Å². The Bertz CT molecular complexity index is 745. The Hall–Kier alpha value is -2.00. The summed E-state index contributed by atoms with van der Waals surface area (Å²) in [5.41, 5.74) is -0.635. The van der Waals surface area contributed by atoms with E-state index in [0.29, 0.717) is 25.9 Å². The van der Waals surface area contributed by atoms with Crippen LogP contribution in [0, 0.1) is 15.5 Å². The fourth-order valence-corrected chi connectivity index (χ4v) is 4.00. The van der Waals surface area contributed by atoms with Crippen molar-refractivity contribution in [1.29, 1.82) is 0 Å². The Kier molecular flexibility index (Phi) is 5.48. The van der Waals surface area contributed by atoms with Crippen LogP contribution in [-0.2, 0) is 14.8 Å². The summed E-state index contributed by atoms with van der Waals surface area (Å²) in [7, 11) is -3.69. The van der Waals surface area contributed by atoms with Gasteiger partial charge in [0.1, 0.15) is 0 Å². The predicted octanol–water partition coefficient (Wildman–Crippen LogP) is 1.91. The second kappa shape index (κ2) is 7.09. The van der Waals surface area contributed by atoms with Crippen molar-refractivity contribution in [2.75, 3.05) is 13.1 Å². The molecule has 1 amide bonds. The lowest BCUT2D eigenvalue weighted by Gasteiger charge is -2.33. The average Bonchev–Trinajstić information content (AvgIpc) is 2.54. The zero-order valence-corrected chi connectivity index (χ0v) is 15.4. The zero-order chi connectivity index (χ0) is 18.8. The van der Waals surface area contributed by atoms with Gasteiger partial charge >= 0.3 is 0 Å². The lowest BCUT2D eigenvalue weighted by atomic mass is 9.94. The maximum Gasteiger partial charge on any atom is 0.269 e. The first-order chi connectivity index (χ1) is 11.5. The third-order valence-corrected chi connectivity index (χ3v) is 6.07. The second-order valence-corrected chi connectivity index (χ2v) is 9.09. The minimum atomic E-state index is -3.69. The van der Waals surface area contributed by atoms with Crippen LogP contribution in [0.4, 0.5) is 5.69 Å². The van der Waals surface area contributed by atoms with E-state index in [9.17, 15) is 23.3 Å².